The van der Waals surface area contributed by atoms with Crippen molar-refractivity contribution in [3.63, 3.8) is 0 Å². The summed E-state index contributed by atoms with van der Waals surface area (Å²) in [6.07, 6.45) is 5.01. The number of imidazole rings is 1. The first-order valence-corrected chi connectivity index (χ1v) is 6.43. The Morgan fingerprint density at radius 3 is 3.12 bits per heavy atom. The molecule has 2 aromatic heterocycles. The van der Waals surface area contributed by atoms with Crippen molar-refractivity contribution in [2.24, 2.45) is 0 Å². The summed E-state index contributed by atoms with van der Waals surface area (Å²) in [5.74, 6) is -0.138. The van der Waals surface area contributed by atoms with E-state index in [0.29, 0.717) is 5.15 Å². The van der Waals surface area contributed by atoms with Gasteiger partial charge in [0.2, 0.25) is 5.91 Å². The van der Waals surface area contributed by atoms with Gasteiger partial charge in [0, 0.05) is 23.7 Å². The van der Waals surface area contributed by atoms with E-state index >= 15 is 0 Å². The maximum Gasteiger partial charge on any atom is 0.244 e. The van der Waals surface area contributed by atoms with Crippen molar-refractivity contribution in [3.05, 3.63) is 28.5 Å². The van der Waals surface area contributed by atoms with E-state index in [1.807, 2.05) is 29.8 Å². The van der Waals surface area contributed by atoms with E-state index in [0.717, 1.165) is 10.7 Å². The van der Waals surface area contributed by atoms with E-state index in [-0.39, 0.29) is 11.9 Å². The Morgan fingerprint density at radius 2 is 2.41 bits per heavy atom. The van der Waals surface area contributed by atoms with Gasteiger partial charge in [-0.1, -0.05) is 11.6 Å². The zero-order valence-electron chi connectivity index (χ0n) is 9.48. The van der Waals surface area contributed by atoms with Gasteiger partial charge in [0.25, 0.3) is 0 Å². The topological polar surface area (TPSA) is 46.4 Å². The summed E-state index contributed by atoms with van der Waals surface area (Å²) in [4.78, 5) is 16.5. The molecule has 2 heterocycles. The minimum absolute atomic E-state index is 0.120. The number of thiazole rings is 1. The number of carbonyl (C=O) groups is 1. The summed E-state index contributed by atoms with van der Waals surface area (Å²) in [6.45, 7) is 3.82. The standard InChI is InChI=1S/C11H12ClN3OS/c1-7(2)13-9(16)4-3-8-10(12)14-11-15(8)5-6-17-11/h3-7H,1-2H3,(H,13,16)/b4-3+. The summed E-state index contributed by atoms with van der Waals surface area (Å²) in [7, 11) is 0. The maximum atomic E-state index is 11.5. The quantitative estimate of drug-likeness (QED) is 0.871. The fraction of sp³-hybridized carbons (Fsp3) is 0.273. The first-order valence-electron chi connectivity index (χ1n) is 5.17. The van der Waals surface area contributed by atoms with Crippen molar-refractivity contribution in [2.75, 3.05) is 0 Å². The van der Waals surface area contributed by atoms with Crippen LogP contribution < -0.4 is 5.32 Å². The molecule has 0 spiro atoms. The molecule has 0 radical (unpaired) electrons. The lowest BCUT2D eigenvalue weighted by atomic mass is 10.3. The molecule has 0 saturated heterocycles. The highest BCUT2D eigenvalue weighted by atomic mass is 35.5. The van der Waals surface area contributed by atoms with E-state index in [1.165, 1.54) is 17.4 Å². The number of fused-ring (bicyclic) bond motifs is 1. The Morgan fingerprint density at radius 1 is 1.65 bits per heavy atom. The number of aromatic nitrogens is 2. The predicted octanol–water partition coefficient (Wildman–Crippen LogP) is 2.59. The number of hydrogen-bond donors (Lipinski definition) is 1. The van der Waals surface area contributed by atoms with Crippen molar-refractivity contribution in [1.29, 1.82) is 0 Å². The molecule has 0 saturated carbocycles. The van der Waals surface area contributed by atoms with E-state index in [4.69, 9.17) is 11.6 Å². The van der Waals surface area contributed by atoms with Crippen molar-refractivity contribution < 1.29 is 4.79 Å². The van der Waals surface area contributed by atoms with E-state index < -0.39 is 0 Å². The number of halogens is 1. The number of carbonyl (C=O) groups excluding carboxylic acids is 1. The normalized spacial score (nSPS) is 11.8. The van der Waals surface area contributed by atoms with Gasteiger partial charge in [0.15, 0.2) is 10.1 Å². The van der Waals surface area contributed by atoms with Crippen LogP contribution in [0.25, 0.3) is 11.0 Å². The Labute approximate surface area is 108 Å². The molecule has 0 aliphatic heterocycles. The largest absolute Gasteiger partial charge is 0.350 e. The Hall–Kier alpha value is -1.33. The van der Waals surface area contributed by atoms with E-state index in [2.05, 4.69) is 10.3 Å². The summed E-state index contributed by atoms with van der Waals surface area (Å²) < 4.78 is 1.85. The molecule has 0 aromatic carbocycles. The van der Waals surface area contributed by atoms with Gasteiger partial charge in [0.05, 0.1) is 5.69 Å². The second-order valence-corrected chi connectivity index (χ2v) is 5.07. The predicted molar refractivity (Wildman–Crippen MR) is 70.4 cm³/mol. The summed E-state index contributed by atoms with van der Waals surface area (Å²) in [5.41, 5.74) is 0.724. The smallest absolute Gasteiger partial charge is 0.244 e. The van der Waals surface area contributed by atoms with Gasteiger partial charge in [-0.2, -0.15) is 0 Å². The summed E-state index contributed by atoms with van der Waals surface area (Å²) in [5, 5.41) is 5.10. The van der Waals surface area contributed by atoms with Gasteiger partial charge in [0.1, 0.15) is 0 Å². The fourth-order valence-electron chi connectivity index (χ4n) is 1.41. The van der Waals surface area contributed by atoms with Crippen LogP contribution in [-0.2, 0) is 4.79 Å². The lowest BCUT2D eigenvalue weighted by Gasteiger charge is -2.03. The van der Waals surface area contributed by atoms with Gasteiger partial charge >= 0.3 is 0 Å². The third kappa shape index (κ3) is 2.68. The summed E-state index contributed by atoms with van der Waals surface area (Å²) >= 11 is 7.49. The molecular formula is C11H12ClN3OS. The average Bonchev–Trinajstić information content (AvgIpc) is 2.74. The highest BCUT2D eigenvalue weighted by Gasteiger charge is 2.08. The van der Waals surface area contributed by atoms with Gasteiger partial charge in [-0.3, -0.25) is 9.20 Å². The van der Waals surface area contributed by atoms with Crippen LogP contribution in [0.4, 0.5) is 0 Å². The van der Waals surface area contributed by atoms with Crippen LogP contribution in [0.15, 0.2) is 17.7 Å². The van der Waals surface area contributed by atoms with Gasteiger partial charge in [-0.05, 0) is 19.9 Å². The van der Waals surface area contributed by atoms with E-state index in [1.54, 1.807) is 6.08 Å². The van der Waals surface area contributed by atoms with Crippen LogP contribution in [0.5, 0.6) is 0 Å². The monoisotopic (exact) mass is 269 g/mol. The van der Waals surface area contributed by atoms with Crippen LogP contribution in [-0.4, -0.2) is 21.3 Å². The minimum Gasteiger partial charge on any atom is -0.350 e. The molecule has 0 atom stereocenters. The molecule has 0 unspecified atom stereocenters. The molecule has 0 bridgehead atoms. The molecule has 0 aliphatic rings. The van der Waals surface area contributed by atoms with Crippen LogP contribution in [0.3, 0.4) is 0 Å². The molecule has 1 N–H and O–H groups in total. The van der Waals surface area contributed by atoms with Gasteiger partial charge < -0.3 is 5.32 Å². The third-order valence-corrected chi connectivity index (χ3v) is 3.11. The van der Waals surface area contributed by atoms with Crippen molar-refractivity contribution >= 4 is 39.9 Å². The molecule has 4 nitrogen and oxygen atoms in total. The first-order chi connectivity index (χ1) is 8.08. The zero-order valence-corrected chi connectivity index (χ0v) is 11.0. The Kier molecular flexibility index (Phi) is 3.49. The summed E-state index contributed by atoms with van der Waals surface area (Å²) in [6, 6.07) is 0.120. The molecule has 6 heteroatoms. The molecule has 1 amide bonds. The maximum absolute atomic E-state index is 11.5. The number of hydrogen-bond acceptors (Lipinski definition) is 3. The fourth-order valence-corrected chi connectivity index (χ4v) is 2.42. The number of nitrogens with one attached hydrogen (secondary N) is 1. The molecule has 2 rings (SSSR count). The molecule has 0 aliphatic carbocycles. The minimum atomic E-state index is -0.138. The molecule has 90 valence electrons. The van der Waals surface area contributed by atoms with Crippen LogP contribution in [0.2, 0.25) is 5.15 Å². The lowest BCUT2D eigenvalue weighted by Crippen LogP contribution is -2.28. The number of rotatable bonds is 3. The van der Waals surface area contributed by atoms with Crippen molar-refractivity contribution in [2.45, 2.75) is 19.9 Å². The van der Waals surface area contributed by atoms with Gasteiger partial charge in [-0.15, -0.1) is 11.3 Å². The van der Waals surface area contributed by atoms with E-state index in [9.17, 15) is 4.79 Å². The molecule has 2 aromatic rings. The highest BCUT2D eigenvalue weighted by molar-refractivity contribution is 7.15. The Bertz CT molecular complexity index is 570. The molecule has 17 heavy (non-hydrogen) atoms. The number of nitrogens with zero attached hydrogens (tertiary/aromatic N) is 2. The van der Waals surface area contributed by atoms with Crippen molar-refractivity contribution in [3.8, 4) is 0 Å². The second kappa shape index (κ2) is 4.89. The Balaban J connectivity index is 2.23. The average molecular weight is 270 g/mol. The van der Waals surface area contributed by atoms with Crippen molar-refractivity contribution in [1.82, 2.24) is 14.7 Å². The second-order valence-electron chi connectivity index (χ2n) is 3.84. The molecule has 0 fully saturated rings. The third-order valence-electron chi connectivity index (χ3n) is 2.08. The van der Waals surface area contributed by atoms with Crippen LogP contribution in [0.1, 0.15) is 19.5 Å². The lowest BCUT2D eigenvalue weighted by molar-refractivity contribution is -0.116. The highest BCUT2D eigenvalue weighted by Crippen LogP contribution is 2.22. The number of amides is 1. The van der Waals surface area contributed by atoms with Crippen LogP contribution >= 0.6 is 22.9 Å². The van der Waals surface area contributed by atoms with Gasteiger partial charge in [-0.25, -0.2) is 4.98 Å². The zero-order chi connectivity index (χ0) is 12.4. The van der Waals surface area contributed by atoms with Crippen LogP contribution in [0, 0.1) is 0 Å². The SMILES string of the molecule is CC(C)NC(=O)/C=C/c1c(Cl)nc2sccn12. The molecular weight excluding hydrogens is 258 g/mol. The first kappa shape index (κ1) is 12.1.